The van der Waals surface area contributed by atoms with Gasteiger partial charge >= 0.3 is 5.97 Å². The summed E-state index contributed by atoms with van der Waals surface area (Å²) in [5.41, 5.74) is -1.05. The van der Waals surface area contributed by atoms with Crippen molar-refractivity contribution in [2.24, 2.45) is 4.99 Å². The molecule has 0 saturated heterocycles. The van der Waals surface area contributed by atoms with E-state index in [1.165, 1.54) is 6.21 Å². The zero-order valence-electron chi connectivity index (χ0n) is 11.6. The molecule has 110 valence electrons. The number of hydrogen-bond donors (Lipinski definition) is 2. The van der Waals surface area contributed by atoms with Crippen LogP contribution < -0.4 is 10.1 Å². The van der Waals surface area contributed by atoms with Gasteiger partial charge in [0.2, 0.25) is 0 Å². The number of hydrogen-bond acceptors (Lipinski definition) is 4. The van der Waals surface area contributed by atoms with Gasteiger partial charge in [0.25, 0.3) is 5.66 Å². The molecular weight excluding hydrogens is 280 g/mol. The molecule has 2 aromatic rings. The van der Waals surface area contributed by atoms with Crippen molar-refractivity contribution >= 4 is 12.2 Å². The van der Waals surface area contributed by atoms with E-state index in [0.29, 0.717) is 17.2 Å². The van der Waals surface area contributed by atoms with Gasteiger partial charge in [0.05, 0.1) is 0 Å². The minimum Gasteiger partial charge on any atom is -0.478 e. The number of nitrogens with zero attached hydrogens (tertiary/aromatic N) is 1. The largest absolute Gasteiger partial charge is 0.478 e. The van der Waals surface area contributed by atoms with E-state index in [1.807, 2.05) is 24.3 Å². The summed E-state index contributed by atoms with van der Waals surface area (Å²) in [4.78, 5) is 15.9. The summed E-state index contributed by atoms with van der Waals surface area (Å²) in [6.45, 7) is 0. The van der Waals surface area contributed by atoms with Crippen molar-refractivity contribution in [1.29, 1.82) is 0 Å². The SMILES string of the molecule is O=C(O)C1(c2ccccc2)N=CC=C(Oc2ccccc2)N1. The highest BCUT2D eigenvalue weighted by atomic mass is 16.5. The summed E-state index contributed by atoms with van der Waals surface area (Å²) in [6.07, 6.45) is 3.03. The zero-order chi connectivity index (χ0) is 15.4. The normalized spacial score (nSPS) is 19.9. The number of para-hydroxylation sites is 1. The molecule has 0 amide bonds. The maximum absolute atomic E-state index is 11.8. The van der Waals surface area contributed by atoms with Crippen molar-refractivity contribution in [3.8, 4) is 5.75 Å². The molecule has 1 atom stereocenters. The average Bonchev–Trinajstić information content (AvgIpc) is 2.56. The molecule has 1 aliphatic rings. The predicted molar refractivity (Wildman–Crippen MR) is 82.5 cm³/mol. The molecule has 2 N–H and O–H groups in total. The molecule has 1 aliphatic heterocycles. The Morgan fingerprint density at radius 1 is 1.05 bits per heavy atom. The number of carboxylic acid groups (broad SMARTS) is 1. The summed E-state index contributed by atoms with van der Waals surface area (Å²) in [6, 6.07) is 17.9. The van der Waals surface area contributed by atoms with Gasteiger partial charge in [0.15, 0.2) is 5.88 Å². The lowest BCUT2D eigenvalue weighted by molar-refractivity contribution is -0.145. The van der Waals surface area contributed by atoms with E-state index in [1.54, 1.807) is 42.5 Å². The van der Waals surface area contributed by atoms with E-state index in [2.05, 4.69) is 10.3 Å². The quantitative estimate of drug-likeness (QED) is 0.909. The lowest BCUT2D eigenvalue weighted by Gasteiger charge is -2.30. The number of rotatable bonds is 4. The lowest BCUT2D eigenvalue weighted by atomic mass is 9.99. The second-order valence-electron chi connectivity index (χ2n) is 4.73. The van der Waals surface area contributed by atoms with Crippen molar-refractivity contribution in [3.05, 3.63) is 78.2 Å². The molecule has 2 aromatic carbocycles. The fourth-order valence-electron chi connectivity index (χ4n) is 2.20. The molecule has 5 nitrogen and oxygen atoms in total. The van der Waals surface area contributed by atoms with Gasteiger partial charge in [-0.3, -0.25) is 0 Å². The van der Waals surface area contributed by atoms with E-state index in [4.69, 9.17) is 4.74 Å². The van der Waals surface area contributed by atoms with Crippen molar-refractivity contribution in [2.75, 3.05) is 0 Å². The summed E-state index contributed by atoms with van der Waals surface area (Å²) in [5, 5.41) is 12.5. The van der Waals surface area contributed by atoms with Gasteiger partial charge < -0.3 is 15.2 Å². The molecule has 0 bridgehead atoms. The Kier molecular flexibility index (Phi) is 3.62. The van der Waals surface area contributed by atoms with Crippen LogP contribution in [0.25, 0.3) is 0 Å². The Balaban J connectivity index is 1.91. The maximum atomic E-state index is 11.8. The van der Waals surface area contributed by atoms with Gasteiger partial charge in [0, 0.05) is 17.9 Å². The van der Waals surface area contributed by atoms with Crippen LogP contribution in [0.5, 0.6) is 5.75 Å². The Bertz CT molecular complexity index is 726. The summed E-state index contributed by atoms with van der Waals surface area (Å²) < 4.78 is 5.68. The molecular formula is C17H14N2O3. The average molecular weight is 294 g/mol. The van der Waals surface area contributed by atoms with Crippen LogP contribution in [0.4, 0.5) is 0 Å². The molecule has 1 heterocycles. The monoisotopic (exact) mass is 294 g/mol. The first kappa shape index (κ1) is 13.9. The van der Waals surface area contributed by atoms with Gasteiger partial charge in [-0.1, -0.05) is 48.5 Å². The highest BCUT2D eigenvalue weighted by molar-refractivity contribution is 5.86. The number of aliphatic carboxylic acids is 1. The van der Waals surface area contributed by atoms with Crippen molar-refractivity contribution in [2.45, 2.75) is 5.66 Å². The fourth-order valence-corrected chi connectivity index (χ4v) is 2.20. The van der Waals surface area contributed by atoms with E-state index in [0.717, 1.165) is 0 Å². The van der Waals surface area contributed by atoms with Crippen LogP contribution in [0.15, 0.2) is 77.6 Å². The standard InChI is InChI=1S/C17H14N2O3/c20-16(21)17(13-7-3-1-4-8-13)18-12-11-15(19-17)22-14-9-5-2-6-10-14/h1-12,19H,(H,20,21). The summed E-state index contributed by atoms with van der Waals surface area (Å²) in [7, 11) is 0. The number of nitrogens with one attached hydrogen (secondary N) is 1. The minimum absolute atomic E-state index is 0.326. The maximum Gasteiger partial charge on any atom is 0.357 e. The molecule has 0 radical (unpaired) electrons. The van der Waals surface area contributed by atoms with E-state index in [-0.39, 0.29) is 0 Å². The van der Waals surface area contributed by atoms with Crippen LogP contribution in [0.1, 0.15) is 5.56 Å². The van der Waals surface area contributed by atoms with Gasteiger partial charge in [-0.05, 0) is 12.1 Å². The minimum atomic E-state index is -1.58. The van der Waals surface area contributed by atoms with E-state index in [9.17, 15) is 9.90 Å². The Morgan fingerprint density at radius 3 is 2.32 bits per heavy atom. The lowest BCUT2D eigenvalue weighted by Crippen LogP contribution is -2.49. The molecule has 5 heteroatoms. The van der Waals surface area contributed by atoms with Crippen molar-refractivity contribution < 1.29 is 14.6 Å². The summed E-state index contributed by atoms with van der Waals surface area (Å²) in [5.74, 6) is -0.159. The fraction of sp³-hybridized carbons (Fsp3) is 0.0588. The molecule has 0 fully saturated rings. The molecule has 0 saturated carbocycles. The third kappa shape index (κ3) is 2.56. The van der Waals surface area contributed by atoms with Crippen LogP contribution in [-0.2, 0) is 10.5 Å². The Labute approximate surface area is 127 Å². The van der Waals surface area contributed by atoms with E-state index >= 15 is 0 Å². The third-order valence-electron chi connectivity index (χ3n) is 3.27. The van der Waals surface area contributed by atoms with Gasteiger partial charge in [-0.25, -0.2) is 9.79 Å². The molecule has 0 spiro atoms. The van der Waals surface area contributed by atoms with Gasteiger partial charge in [-0.15, -0.1) is 0 Å². The number of carbonyl (C=O) groups is 1. The number of aliphatic imine (C=N–C) groups is 1. The van der Waals surface area contributed by atoms with Crippen LogP contribution >= 0.6 is 0 Å². The first-order valence-corrected chi connectivity index (χ1v) is 6.76. The molecule has 0 aromatic heterocycles. The molecule has 22 heavy (non-hydrogen) atoms. The third-order valence-corrected chi connectivity index (χ3v) is 3.27. The first-order chi connectivity index (χ1) is 10.7. The van der Waals surface area contributed by atoms with Crippen LogP contribution in [0.2, 0.25) is 0 Å². The molecule has 1 unspecified atom stereocenters. The van der Waals surface area contributed by atoms with Crippen LogP contribution in [-0.4, -0.2) is 17.3 Å². The van der Waals surface area contributed by atoms with Crippen LogP contribution in [0, 0.1) is 0 Å². The van der Waals surface area contributed by atoms with Crippen LogP contribution in [0.3, 0.4) is 0 Å². The summed E-state index contributed by atoms with van der Waals surface area (Å²) >= 11 is 0. The van der Waals surface area contributed by atoms with Gasteiger partial charge in [-0.2, -0.15) is 0 Å². The molecule has 0 aliphatic carbocycles. The predicted octanol–water partition coefficient (Wildman–Crippen LogP) is 2.52. The van der Waals surface area contributed by atoms with Gasteiger partial charge in [0.1, 0.15) is 5.75 Å². The highest BCUT2D eigenvalue weighted by Crippen LogP contribution is 2.27. The van der Waals surface area contributed by atoms with Crippen molar-refractivity contribution in [3.63, 3.8) is 0 Å². The number of carboxylic acids is 1. The second-order valence-corrected chi connectivity index (χ2v) is 4.73. The van der Waals surface area contributed by atoms with Crippen molar-refractivity contribution in [1.82, 2.24) is 5.32 Å². The second kappa shape index (κ2) is 5.73. The van der Waals surface area contributed by atoms with E-state index < -0.39 is 11.6 Å². The smallest absolute Gasteiger partial charge is 0.357 e. The number of ether oxygens (including phenoxy) is 1. The topological polar surface area (TPSA) is 70.9 Å². The Morgan fingerprint density at radius 2 is 1.68 bits per heavy atom. The Hall–Kier alpha value is -3.08. The highest BCUT2D eigenvalue weighted by Gasteiger charge is 2.42. The number of allylic oxidation sites excluding steroid dienone is 1. The zero-order valence-corrected chi connectivity index (χ0v) is 11.6. The first-order valence-electron chi connectivity index (χ1n) is 6.76. The molecule has 3 rings (SSSR count). The number of benzene rings is 2.